The first-order chi connectivity index (χ1) is 14.5. The lowest BCUT2D eigenvalue weighted by atomic mass is 10.2. The fraction of sp³-hybridized carbons (Fsp3) is 0.182. The van der Waals surface area contributed by atoms with Gasteiger partial charge in [-0.15, -0.1) is 0 Å². The largest absolute Gasteiger partial charge is 0.481 e. The Labute approximate surface area is 177 Å². The molecule has 0 fully saturated rings. The Morgan fingerprint density at radius 3 is 2.63 bits per heavy atom. The Morgan fingerprint density at radius 1 is 1.17 bits per heavy atom. The van der Waals surface area contributed by atoms with E-state index < -0.39 is 6.10 Å². The van der Waals surface area contributed by atoms with Gasteiger partial charge in [-0.1, -0.05) is 59.4 Å². The predicted molar refractivity (Wildman–Crippen MR) is 116 cm³/mol. The maximum atomic E-state index is 12.4. The van der Waals surface area contributed by atoms with Crippen molar-refractivity contribution in [3.05, 3.63) is 82.3 Å². The van der Waals surface area contributed by atoms with Gasteiger partial charge in [0.1, 0.15) is 10.8 Å². The quantitative estimate of drug-likeness (QED) is 0.518. The molecule has 1 unspecified atom stereocenters. The summed E-state index contributed by atoms with van der Waals surface area (Å²) in [7, 11) is 0. The Balaban J connectivity index is 1.45. The van der Waals surface area contributed by atoms with Crippen molar-refractivity contribution >= 4 is 22.2 Å². The van der Waals surface area contributed by atoms with Gasteiger partial charge in [0.2, 0.25) is 4.96 Å². The summed E-state index contributed by atoms with van der Waals surface area (Å²) in [5.74, 6) is 0.339. The van der Waals surface area contributed by atoms with Gasteiger partial charge in [0, 0.05) is 11.6 Å². The number of carbonyl (C=O) groups excluding carboxylic acids is 1. The zero-order chi connectivity index (χ0) is 21.1. The molecule has 30 heavy (non-hydrogen) atoms. The number of aromatic nitrogens is 3. The first kappa shape index (κ1) is 19.8. The van der Waals surface area contributed by atoms with Crippen molar-refractivity contribution in [1.82, 2.24) is 19.9 Å². The van der Waals surface area contributed by atoms with E-state index in [2.05, 4.69) is 15.4 Å². The molecule has 1 atom stereocenters. The number of rotatable bonds is 6. The van der Waals surface area contributed by atoms with Crippen LogP contribution >= 0.6 is 11.3 Å². The van der Waals surface area contributed by atoms with Crippen LogP contribution in [0.1, 0.15) is 18.2 Å². The molecule has 0 aliphatic heterocycles. The summed E-state index contributed by atoms with van der Waals surface area (Å²) in [6.07, 6.45) is -0.675. The van der Waals surface area contributed by atoms with Crippen molar-refractivity contribution in [2.45, 2.75) is 26.5 Å². The number of nitrogens with zero attached hydrogens (tertiary/aromatic N) is 3. The molecule has 8 heteroatoms. The molecule has 1 amide bonds. The van der Waals surface area contributed by atoms with Gasteiger partial charge in [-0.3, -0.25) is 9.59 Å². The van der Waals surface area contributed by atoms with Crippen LogP contribution in [0.3, 0.4) is 0 Å². The van der Waals surface area contributed by atoms with Crippen LogP contribution in [-0.2, 0) is 11.3 Å². The first-order valence-electron chi connectivity index (χ1n) is 9.46. The summed E-state index contributed by atoms with van der Waals surface area (Å²) in [5.41, 5.74) is 2.22. The fourth-order valence-corrected chi connectivity index (χ4v) is 3.77. The minimum Gasteiger partial charge on any atom is -0.481 e. The average Bonchev–Trinajstić information content (AvgIpc) is 3.19. The predicted octanol–water partition coefficient (Wildman–Crippen LogP) is 3.21. The monoisotopic (exact) mass is 420 g/mol. The summed E-state index contributed by atoms with van der Waals surface area (Å²) in [5, 5.41) is 7.83. The Kier molecular flexibility index (Phi) is 5.58. The number of hydrogen-bond donors (Lipinski definition) is 1. The average molecular weight is 420 g/mol. The van der Waals surface area contributed by atoms with Crippen LogP contribution in [0.2, 0.25) is 0 Å². The summed E-state index contributed by atoms with van der Waals surface area (Å²) >= 11 is 1.33. The molecule has 0 aliphatic carbocycles. The van der Waals surface area contributed by atoms with Gasteiger partial charge >= 0.3 is 0 Å². The molecule has 2 aromatic heterocycles. The highest BCUT2D eigenvalue weighted by Crippen LogP contribution is 2.23. The number of nitrogens with one attached hydrogen (secondary N) is 1. The van der Waals surface area contributed by atoms with Crippen molar-refractivity contribution in [3.63, 3.8) is 0 Å². The van der Waals surface area contributed by atoms with Crippen LogP contribution in [0.15, 0.2) is 65.5 Å². The standard InChI is InChI=1S/C22H20N4O3S/c1-14-8-10-18(11-9-14)29-15(2)20(28)23-13-17-12-19(27)26-22(24-17)30-21(25-26)16-6-4-3-5-7-16/h3-12,15H,13H2,1-2H3,(H,23,28). The number of carbonyl (C=O) groups is 1. The van der Waals surface area contributed by atoms with Gasteiger partial charge in [-0.05, 0) is 26.0 Å². The van der Waals surface area contributed by atoms with Gasteiger partial charge in [0.05, 0.1) is 12.2 Å². The lowest BCUT2D eigenvalue weighted by Crippen LogP contribution is -2.36. The summed E-state index contributed by atoms with van der Waals surface area (Å²) in [6.45, 7) is 3.79. The highest BCUT2D eigenvalue weighted by Gasteiger charge is 2.16. The Morgan fingerprint density at radius 2 is 1.90 bits per heavy atom. The molecular formula is C22H20N4O3S. The summed E-state index contributed by atoms with van der Waals surface area (Å²) in [6, 6.07) is 18.5. The van der Waals surface area contributed by atoms with Crippen LogP contribution in [0.25, 0.3) is 15.5 Å². The second kappa shape index (κ2) is 8.46. The number of fused-ring (bicyclic) bond motifs is 1. The van der Waals surface area contributed by atoms with E-state index in [0.717, 1.165) is 11.1 Å². The van der Waals surface area contributed by atoms with E-state index in [1.54, 1.807) is 6.92 Å². The molecule has 4 rings (SSSR count). The van der Waals surface area contributed by atoms with E-state index in [-0.39, 0.29) is 18.0 Å². The molecule has 4 aromatic rings. The van der Waals surface area contributed by atoms with Crippen molar-refractivity contribution in [2.75, 3.05) is 0 Å². The number of hydrogen-bond acceptors (Lipinski definition) is 6. The van der Waals surface area contributed by atoms with Crippen molar-refractivity contribution in [3.8, 4) is 16.3 Å². The lowest BCUT2D eigenvalue weighted by Gasteiger charge is -2.14. The number of aryl methyl sites for hydroxylation is 1. The Bertz CT molecular complexity index is 1230. The third-order valence-electron chi connectivity index (χ3n) is 4.47. The van der Waals surface area contributed by atoms with Gasteiger partial charge in [0.15, 0.2) is 6.10 Å². The number of benzene rings is 2. The van der Waals surface area contributed by atoms with Gasteiger partial charge in [-0.2, -0.15) is 9.61 Å². The molecule has 2 heterocycles. The number of amides is 1. The molecule has 0 saturated carbocycles. The summed E-state index contributed by atoms with van der Waals surface area (Å²) < 4.78 is 6.94. The smallest absolute Gasteiger partial charge is 0.275 e. The van der Waals surface area contributed by atoms with Crippen molar-refractivity contribution in [1.29, 1.82) is 0 Å². The van der Waals surface area contributed by atoms with Crippen molar-refractivity contribution in [2.24, 2.45) is 0 Å². The highest BCUT2D eigenvalue weighted by atomic mass is 32.1. The van der Waals surface area contributed by atoms with E-state index in [9.17, 15) is 9.59 Å². The zero-order valence-corrected chi connectivity index (χ0v) is 17.3. The fourth-order valence-electron chi connectivity index (χ4n) is 2.84. The molecule has 0 spiro atoms. The third-order valence-corrected chi connectivity index (χ3v) is 5.42. The Hall–Kier alpha value is -3.52. The third kappa shape index (κ3) is 4.38. The minimum atomic E-state index is -0.675. The number of ether oxygens (including phenoxy) is 1. The van der Waals surface area contributed by atoms with Gasteiger partial charge < -0.3 is 10.1 Å². The normalized spacial score (nSPS) is 11.9. The van der Waals surface area contributed by atoms with E-state index in [4.69, 9.17) is 4.74 Å². The van der Waals surface area contributed by atoms with Crippen LogP contribution in [0, 0.1) is 6.92 Å². The van der Waals surface area contributed by atoms with Crippen LogP contribution in [0.5, 0.6) is 5.75 Å². The molecular weight excluding hydrogens is 400 g/mol. The molecule has 1 N–H and O–H groups in total. The molecule has 2 aromatic carbocycles. The molecule has 7 nitrogen and oxygen atoms in total. The summed E-state index contributed by atoms with van der Waals surface area (Å²) in [4.78, 5) is 29.7. The zero-order valence-electron chi connectivity index (χ0n) is 16.5. The highest BCUT2D eigenvalue weighted by molar-refractivity contribution is 7.19. The first-order valence-corrected chi connectivity index (χ1v) is 10.3. The molecule has 0 aliphatic rings. The SMILES string of the molecule is Cc1ccc(OC(C)C(=O)NCc2cc(=O)n3nc(-c4ccccc4)sc3n2)cc1. The van der Waals surface area contributed by atoms with E-state index in [0.29, 0.717) is 21.4 Å². The van der Waals surface area contributed by atoms with Crippen LogP contribution in [-0.4, -0.2) is 26.6 Å². The van der Waals surface area contributed by atoms with E-state index in [1.165, 1.54) is 21.9 Å². The van der Waals surface area contributed by atoms with Gasteiger partial charge in [0.25, 0.3) is 11.5 Å². The van der Waals surface area contributed by atoms with E-state index >= 15 is 0 Å². The molecule has 0 radical (unpaired) electrons. The molecule has 0 bridgehead atoms. The second-order valence-corrected chi connectivity index (χ2v) is 7.80. The minimum absolute atomic E-state index is 0.130. The van der Waals surface area contributed by atoms with E-state index in [1.807, 2.05) is 61.5 Å². The molecule has 152 valence electrons. The van der Waals surface area contributed by atoms with Gasteiger partial charge in [-0.25, -0.2) is 4.98 Å². The van der Waals surface area contributed by atoms with Crippen LogP contribution < -0.4 is 15.6 Å². The molecule has 0 saturated heterocycles. The maximum Gasteiger partial charge on any atom is 0.275 e. The van der Waals surface area contributed by atoms with Crippen molar-refractivity contribution < 1.29 is 9.53 Å². The maximum absolute atomic E-state index is 12.4. The van der Waals surface area contributed by atoms with Crippen LogP contribution in [0.4, 0.5) is 0 Å². The topological polar surface area (TPSA) is 85.6 Å². The lowest BCUT2D eigenvalue weighted by molar-refractivity contribution is -0.127. The second-order valence-electron chi connectivity index (χ2n) is 6.84.